The van der Waals surface area contributed by atoms with Gasteiger partial charge in [-0.15, -0.1) is 0 Å². The van der Waals surface area contributed by atoms with Gasteiger partial charge in [0.15, 0.2) is 5.58 Å². The average molecular weight is 481 g/mol. The summed E-state index contributed by atoms with van der Waals surface area (Å²) < 4.78 is 11.5. The Balaban J connectivity index is 1.60. The first-order valence-electron chi connectivity index (χ1n) is 11.3. The van der Waals surface area contributed by atoms with Crippen LogP contribution in [0.3, 0.4) is 0 Å². The lowest BCUT2D eigenvalue weighted by Crippen LogP contribution is -2.48. The number of fused-ring (bicyclic) bond motifs is 3. The molecule has 3 heterocycles. The van der Waals surface area contributed by atoms with Crippen LogP contribution in [0.15, 0.2) is 50.0 Å². The molecule has 0 fully saturated rings. The predicted molar refractivity (Wildman–Crippen MR) is 132 cm³/mol. The highest BCUT2D eigenvalue weighted by atomic mass is 35.5. The summed E-state index contributed by atoms with van der Waals surface area (Å²) in [5.74, 6) is -0.330. The van der Waals surface area contributed by atoms with Crippen LogP contribution in [0.2, 0.25) is 5.02 Å². The van der Waals surface area contributed by atoms with Gasteiger partial charge in [0.25, 0.3) is 0 Å². The first-order chi connectivity index (χ1) is 16.1. The van der Waals surface area contributed by atoms with Crippen molar-refractivity contribution in [3.8, 4) is 11.5 Å². The monoisotopic (exact) mass is 480 g/mol. The SMILES string of the molecule is CC1CC(C)(C)N(CCCC(=O)O)c2cc3oc(=O)c(-c4nc5cc(Cl)ccc5o4)cc3cc21. The fourth-order valence-electron chi connectivity index (χ4n) is 5.07. The molecule has 0 saturated carbocycles. The first-order valence-corrected chi connectivity index (χ1v) is 11.7. The topological polar surface area (TPSA) is 96.8 Å². The zero-order valence-electron chi connectivity index (χ0n) is 19.2. The van der Waals surface area contributed by atoms with E-state index in [1.165, 1.54) is 0 Å². The second-order valence-electron chi connectivity index (χ2n) is 9.59. The summed E-state index contributed by atoms with van der Waals surface area (Å²) >= 11 is 6.05. The predicted octanol–water partition coefficient (Wildman–Crippen LogP) is 6.21. The minimum Gasteiger partial charge on any atom is -0.481 e. The molecule has 5 rings (SSSR count). The quantitative estimate of drug-likeness (QED) is 0.339. The van der Waals surface area contributed by atoms with Crippen LogP contribution in [-0.4, -0.2) is 28.1 Å². The summed E-state index contributed by atoms with van der Waals surface area (Å²) in [7, 11) is 0. The molecule has 1 unspecified atom stereocenters. The molecule has 1 aliphatic heterocycles. The number of hydrogen-bond donors (Lipinski definition) is 1. The van der Waals surface area contributed by atoms with E-state index in [1.807, 2.05) is 6.07 Å². The van der Waals surface area contributed by atoms with Crippen LogP contribution in [0.4, 0.5) is 5.69 Å². The minimum absolute atomic E-state index is 0.110. The molecular formula is C26H25ClN2O5. The molecule has 4 aromatic rings. The van der Waals surface area contributed by atoms with E-state index in [1.54, 1.807) is 24.3 Å². The maximum Gasteiger partial charge on any atom is 0.349 e. The fraction of sp³-hybridized carbons (Fsp3) is 0.346. The maximum absolute atomic E-state index is 12.9. The molecule has 1 aliphatic rings. The molecule has 0 bridgehead atoms. The van der Waals surface area contributed by atoms with Crippen LogP contribution < -0.4 is 10.5 Å². The summed E-state index contributed by atoms with van der Waals surface area (Å²) in [4.78, 5) is 30.6. The lowest BCUT2D eigenvalue weighted by molar-refractivity contribution is -0.137. The highest BCUT2D eigenvalue weighted by Crippen LogP contribution is 2.45. The average Bonchev–Trinajstić information content (AvgIpc) is 3.17. The summed E-state index contributed by atoms with van der Waals surface area (Å²) in [5, 5.41) is 10.4. The number of carbonyl (C=O) groups is 1. The number of aliphatic carboxylic acids is 1. The van der Waals surface area contributed by atoms with Crippen molar-refractivity contribution in [3.05, 3.63) is 57.4 Å². The molecule has 1 N–H and O–H groups in total. The first kappa shape index (κ1) is 22.5. The van der Waals surface area contributed by atoms with Gasteiger partial charge in [-0.3, -0.25) is 4.79 Å². The van der Waals surface area contributed by atoms with Crippen LogP contribution in [0.25, 0.3) is 33.5 Å². The number of carboxylic acid groups (broad SMARTS) is 1. The Bertz CT molecular complexity index is 1490. The molecule has 7 nitrogen and oxygen atoms in total. The molecule has 1 atom stereocenters. The third kappa shape index (κ3) is 3.94. The second kappa shape index (κ2) is 8.17. The minimum atomic E-state index is -0.804. The van der Waals surface area contributed by atoms with Crippen LogP contribution in [-0.2, 0) is 4.79 Å². The number of rotatable bonds is 5. The van der Waals surface area contributed by atoms with Crippen molar-refractivity contribution in [2.24, 2.45) is 0 Å². The number of anilines is 1. The van der Waals surface area contributed by atoms with Gasteiger partial charge < -0.3 is 18.8 Å². The van der Waals surface area contributed by atoms with Gasteiger partial charge in [-0.1, -0.05) is 18.5 Å². The van der Waals surface area contributed by atoms with E-state index < -0.39 is 11.6 Å². The van der Waals surface area contributed by atoms with E-state index in [-0.39, 0.29) is 29.3 Å². The maximum atomic E-state index is 12.9. The highest BCUT2D eigenvalue weighted by Gasteiger charge is 2.36. The van der Waals surface area contributed by atoms with E-state index in [0.717, 1.165) is 23.1 Å². The van der Waals surface area contributed by atoms with Gasteiger partial charge in [-0.25, -0.2) is 9.78 Å². The molecule has 0 aliphatic carbocycles. The Labute approximate surface area is 200 Å². The smallest absolute Gasteiger partial charge is 0.349 e. The molecule has 34 heavy (non-hydrogen) atoms. The molecule has 2 aromatic carbocycles. The summed E-state index contributed by atoms with van der Waals surface area (Å²) in [6.45, 7) is 7.12. The van der Waals surface area contributed by atoms with Crippen molar-refractivity contribution in [3.63, 3.8) is 0 Å². The molecule has 0 amide bonds. The standard InChI is InChI=1S/C26H25ClN2O5/c1-14-13-26(2,3)29(8-4-5-23(30)31)20-12-22-15(9-17(14)20)10-18(25(32)34-22)24-28-19-11-16(27)6-7-21(19)33-24/h6-7,9-12,14H,4-5,8,13H2,1-3H3,(H,30,31). The molecule has 2 aromatic heterocycles. The number of aromatic nitrogens is 1. The zero-order chi connectivity index (χ0) is 24.2. The number of oxazole rings is 1. The Kier molecular flexibility index (Phi) is 5.40. The van der Waals surface area contributed by atoms with Crippen LogP contribution in [0.1, 0.15) is 51.5 Å². The molecule has 176 valence electrons. The third-order valence-corrected chi connectivity index (χ3v) is 6.83. The number of halogens is 1. The number of hydrogen-bond acceptors (Lipinski definition) is 6. The number of carboxylic acids is 1. The van der Waals surface area contributed by atoms with Crippen LogP contribution >= 0.6 is 11.6 Å². The van der Waals surface area contributed by atoms with Crippen molar-refractivity contribution in [1.29, 1.82) is 0 Å². The van der Waals surface area contributed by atoms with Crippen molar-refractivity contribution in [2.45, 2.75) is 51.5 Å². The van der Waals surface area contributed by atoms with Crippen molar-refractivity contribution in [2.75, 3.05) is 11.4 Å². The molecule has 8 heteroatoms. The van der Waals surface area contributed by atoms with E-state index in [9.17, 15) is 9.59 Å². The van der Waals surface area contributed by atoms with Gasteiger partial charge in [-0.2, -0.15) is 0 Å². The zero-order valence-corrected chi connectivity index (χ0v) is 20.0. The van der Waals surface area contributed by atoms with Gasteiger partial charge in [0, 0.05) is 40.7 Å². The lowest BCUT2D eigenvalue weighted by Gasteiger charge is -2.47. The van der Waals surface area contributed by atoms with Crippen molar-refractivity contribution >= 4 is 45.3 Å². The van der Waals surface area contributed by atoms with Crippen LogP contribution in [0.5, 0.6) is 0 Å². The second-order valence-corrected chi connectivity index (χ2v) is 10.0. The fourth-order valence-corrected chi connectivity index (χ4v) is 5.24. The van der Waals surface area contributed by atoms with Gasteiger partial charge in [0.2, 0.25) is 5.89 Å². The van der Waals surface area contributed by atoms with Crippen LogP contribution in [0, 0.1) is 0 Å². The van der Waals surface area contributed by atoms with Crippen molar-refractivity contribution < 1.29 is 18.7 Å². The van der Waals surface area contributed by atoms with E-state index in [2.05, 4.69) is 36.7 Å². The van der Waals surface area contributed by atoms with Gasteiger partial charge in [0.1, 0.15) is 16.7 Å². The molecule has 0 radical (unpaired) electrons. The van der Waals surface area contributed by atoms with E-state index >= 15 is 0 Å². The normalized spacial score (nSPS) is 17.3. The molecule has 0 spiro atoms. The molecular weight excluding hydrogens is 456 g/mol. The van der Waals surface area contributed by atoms with Gasteiger partial charge in [-0.05, 0) is 68.5 Å². The van der Waals surface area contributed by atoms with E-state index in [0.29, 0.717) is 34.7 Å². The Morgan fingerprint density at radius 1 is 1.21 bits per heavy atom. The van der Waals surface area contributed by atoms with Gasteiger partial charge in [0.05, 0.1) is 0 Å². The Hall–Kier alpha value is -3.32. The summed E-state index contributed by atoms with van der Waals surface area (Å²) in [5.41, 5.74) is 3.27. The lowest BCUT2D eigenvalue weighted by atomic mass is 9.79. The molecule has 0 saturated heterocycles. The third-order valence-electron chi connectivity index (χ3n) is 6.59. The Morgan fingerprint density at radius 3 is 2.76 bits per heavy atom. The largest absolute Gasteiger partial charge is 0.481 e. The summed E-state index contributed by atoms with van der Waals surface area (Å²) in [6, 6.07) is 10.8. The Morgan fingerprint density at radius 2 is 2.00 bits per heavy atom. The highest BCUT2D eigenvalue weighted by molar-refractivity contribution is 6.31. The summed E-state index contributed by atoms with van der Waals surface area (Å²) in [6.07, 6.45) is 1.57. The van der Waals surface area contributed by atoms with E-state index in [4.69, 9.17) is 25.5 Å². The number of benzene rings is 2. The van der Waals surface area contributed by atoms with Gasteiger partial charge >= 0.3 is 11.6 Å². The number of nitrogens with zero attached hydrogens (tertiary/aromatic N) is 2. The van der Waals surface area contributed by atoms with Crippen molar-refractivity contribution in [1.82, 2.24) is 4.98 Å².